The van der Waals surface area contributed by atoms with Crippen molar-refractivity contribution < 1.29 is 9.59 Å². The SMILES string of the molecule is CC(=O)N(CCC(=O)N1CCN(c2ccccn2)CC1)C1CCCCC1. The van der Waals surface area contributed by atoms with Crippen LogP contribution in [0.3, 0.4) is 0 Å². The zero-order valence-electron chi connectivity index (χ0n) is 15.8. The molecule has 2 heterocycles. The molecular formula is C20H30N4O2. The average molecular weight is 358 g/mol. The van der Waals surface area contributed by atoms with E-state index in [0.717, 1.165) is 44.8 Å². The van der Waals surface area contributed by atoms with Gasteiger partial charge in [0, 0.05) is 58.3 Å². The van der Waals surface area contributed by atoms with Crippen molar-refractivity contribution in [3.8, 4) is 0 Å². The monoisotopic (exact) mass is 358 g/mol. The smallest absolute Gasteiger partial charge is 0.224 e. The quantitative estimate of drug-likeness (QED) is 0.810. The van der Waals surface area contributed by atoms with E-state index in [0.29, 0.717) is 19.0 Å². The predicted molar refractivity (Wildman–Crippen MR) is 102 cm³/mol. The van der Waals surface area contributed by atoms with Crippen molar-refractivity contribution in [3.63, 3.8) is 0 Å². The maximum atomic E-state index is 12.6. The first-order valence-electron chi connectivity index (χ1n) is 9.86. The number of carbonyl (C=O) groups excluding carboxylic acids is 2. The molecule has 0 unspecified atom stereocenters. The molecule has 0 spiro atoms. The fraction of sp³-hybridized carbons (Fsp3) is 0.650. The lowest BCUT2D eigenvalue weighted by atomic mass is 9.94. The number of amides is 2. The number of aromatic nitrogens is 1. The van der Waals surface area contributed by atoms with Crippen LogP contribution in [0.25, 0.3) is 0 Å². The normalized spacial score (nSPS) is 18.7. The first-order chi connectivity index (χ1) is 12.6. The molecule has 6 heteroatoms. The number of hydrogen-bond donors (Lipinski definition) is 0. The predicted octanol–water partition coefficient (Wildman–Crippen LogP) is 2.30. The molecule has 1 aromatic rings. The molecule has 0 bridgehead atoms. The van der Waals surface area contributed by atoms with Crippen LogP contribution in [0, 0.1) is 0 Å². The van der Waals surface area contributed by atoms with Crippen molar-refractivity contribution in [2.45, 2.75) is 51.5 Å². The molecule has 6 nitrogen and oxygen atoms in total. The second-order valence-electron chi connectivity index (χ2n) is 7.31. The van der Waals surface area contributed by atoms with Gasteiger partial charge in [-0.1, -0.05) is 25.3 Å². The minimum absolute atomic E-state index is 0.102. The first kappa shape index (κ1) is 18.7. The lowest BCUT2D eigenvalue weighted by Crippen LogP contribution is -2.50. The fourth-order valence-electron chi connectivity index (χ4n) is 4.09. The summed E-state index contributed by atoms with van der Waals surface area (Å²) in [6.07, 6.45) is 8.04. The molecule has 1 aliphatic carbocycles. The van der Waals surface area contributed by atoms with E-state index in [1.807, 2.05) is 28.0 Å². The van der Waals surface area contributed by atoms with Crippen molar-refractivity contribution in [2.75, 3.05) is 37.6 Å². The average Bonchev–Trinajstić information content (AvgIpc) is 2.69. The molecule has 0 atom stereocenters. The van der Waals surface area contributed by atoms with Gasteiger partial charge < -0.3 is 14.7 Å². The second kappa shape index (κ2) is 9.01. The summed E-state index contributed by atoms with van der Waals surface area (Å²) >= 11 is 0. The summed E-state index contributed by atoms with van der Waals surface area (Å²) in [6, 6.07) is 6.24. The minimum atomic E-state index is 0.102. The molecule has 1 saturated carbocycles. The van der Waals surface area contributed by atoms with Gasteiger partial charge in [-0.25, -0.2) is 4.98 Å². The van der Waals surface area contributed by atoms with E-state index >= 15 is 0 Å². The molecule has 26 heavy (non-hydrogen) atoms. The van der Waals surface area contributed by atoms with Gasteiger partial charge in [0.15, 0.2) is 0 Å². The standard InChI is InChI=1S/C20H30N4O2/c1-17(25)24(18-7-3-2-4-8-18)12-10-20(26)23-15-13-22(14-16-23)19-9-5-6-11-21-19/h5-6,9,11,18H,2-4,7-8,10,12-16H2,1H3. The van der Waals surface area contributed by atoms with Crippen molar-refractivity contribution in [1.82, 2.24) is 14.8 Å². The molecule has 0 N–H and O–H groups in total. The third-order valence-corrected chi connectivity index (χ3v) is 5.59. The first-order valence-corrected chi connectivity index (χ1v) is 9.86. The maximum Gasteiger partial charge on any atom is 0.224 e. The molecule has 1 aliphatic heterocycles. The molecular weight excluding hydrogens is 328 g/mol. The third kappa shape index (κ3) is 4.74. The van der Waals surface area contributed by atoms with E-state index in [4.69, 9.17) is 0 Å². The minimum Gasteiger partial charge on any atom is -0.353 e. The van der Waals surface area contributed by atoms with Gasteiger partial charge in [0.1, 0.15) is 5.82 Å². The summed E-state index contributed by atoms with van der Waals surface area (Å²) in [6.45, 7) is 5.24. The van der Waals surface area contributed by atoms with Gasteiger partial charge in [0.2, 0.25) is 11.8 Å². The zero-order chi connectivity index (χ0) is 18.4. The Morgan fingerprint density at radius 1 is 1.12 bits per heavy atom. The van der Waals surface area contributed by atoms with Crippen molar-refractivity contribution >= 4 is 17.6 Å². The largest absolute Gasteiger partial charge is 0.353 e. The summed E-state index contributed by atoms with van der Waals surface area (Å²) in [7, 11) is 0. The number of rotatable bonds is 5. The van der Waals surface area contributed by atoms with E-state index in [9.17, 15) is 9.59 Å². The summed E-state index contributed by atoms with van der Waals surface area (Å²) < 4.78 is 0. The number of nitrogens with zero attached hydrogens (tertiary/aromatic N) is 4. The Morgan fingerprint density at radius 2 is 1.85 bits per heavy atom. The molecule has 2 aliphatic rings. The summed E-state index contributed by atoms with van der Waals surface area (Å²) in [5, 5.41) is 0. The fourth-order valence-corrected chi connectivity index (χ4v) is 4.09. The molecule has 1 saturated heterocycles. The summed E-state index contributed by atoms with van der Waals surface area (Å²) in [5.41, 5.74) is 0. The lowest BCUT2D eigenvalue weighted by molar-refractivity contribution is -0.135. The summed E-state index contributed by atoms with van der Waals surface area (Å²) in [4.78, 5) is 35.1. The number of anilines is 1. The molecule has 2 amide bonds. The van der Waals surface area contributed by atoms with Crippen LogP contribution >= 0.6 is 0 Å². The Kier molecular flexibility index (Phi) is 6.47. The number of carbonyl (C=O) groups is 2. The topological polar surface area (TPSA) is 56.8 Å². The highest BCUT2D eigenvalue weighted by molar-refractivity contribution is 5.78. The van der Waals surface area contributed by atoms with Gasteiger partial charge in [-0.2, -0.15) is 0 Å². The molecule has 142 valence electrons. The summed E-state index contributed by atoms with van der Waals surface area (Å²) in [5.74, 6) is 1.23. The molecule has 0 radical (unpaired) electrons. The van der Waals surface area contributed by atoms with Gasteiger partial charge in [-0.15, -0.1) is 0 Å². The van der Waals surface area contributed by atoms with E-state index in [1.165, 1.54) is 19.3 Å². The van der Waals surface area contributed by atoms with Crippen LogP contribution in [0.4, 0.5) is 5.82 Å². The van der Waals surface area contributed by atoms with Crippen molar-refractivity contribution in [1.29, 1.82) is 0 Å². The number of piperazine rings is 1. The van der Waals surface area contributed by atoms with Gasteiger partial charge in [0.05, 0.1) is 0 Å². The third-order valence-electron chi connectivity index (χ3n) is 5.59. The zero-order valence-corrected chi connectivity index (χ0v) is 15.8. The molecule has 2 fully saturated rings. The van der Waals surface area contributed by atoms with Gasteiger partial charge >= 0.3 is 0 Å². The van der Waals surface area contributed by atoms with Crippen molar-refractivity contribution in [2.24, 2.45) is 0 Å². The number of hydrogen-bond acceptors (Lipinski definition) is 4. The van der Waals surface area contributed by atoms with E-state index in [2.05, 4.69) is 9.88 Å². The highest BCUT2D eigenvalue weighted by atomic mass is 16.2. The van der Waals surface area contributed by atoms with E-state index in [1.54, 1.807) is 13.1 Å². The van der Waals surface area contributed by atoms with Crippen LogP contribution in [-0.2, 0) is 9.59 Å². The van der Waals surface area contributed by atoms with Crippen LogP contribution in [-0.4, -0.2) is 65.4 Å². The van der Waals surface area contributed by atoms with Crippen LogP contribution in [0.1, 0.15) is 45.4 Å². The maximum absolute atomic E-state index is 12.6. The van der Waals surface area contributed by atoms with Crippen LogP contribution in [0.15, 0.2) is 24.4 Å². The van der Waals surface area contributed by atoms with Crippen molar-refractivity contribution in [3.05, 3.63) is 24.4 Å². The highest BCUT2D eigenvalue weighted by Crippen LogP contribution is 2.23. The van der Waals surface area contributed by atoms with Crippen LogP contribution < -0.4 is 4.90 Å². The lowest BCUT2D eigenvalue weighted by Gasteiger charge is -2.37. The van der Waals surface area contributed by atoms with E-state index in [-0.39, 0.29) is 11.8 Å². The second-order valence-corrected chi connectivity index (χ2v) is 7.31. The Morgan fingerprint density at radius 3 is 2.46 bits per heavy atom. The Balaban J connectivity index is 1.47. The Hall–Kier alpha value is -2.11. The molecule has 3 rings (SSSR count). The van der Waals surface area contributed by atoms with Crippen LogP contribution in [0.5, 0.6) is 0 Å². The highest BCUT2D eigenvalue weighted by Gasteiger charge is 2.26. The van der Waals surface area contributed by atoms with Crippen LogP contribution in [0.2, 0.25) is 0 Å². The number of pyridine rings is 1. The Bertz CT molecular complexity index is 593. The molecule has 1 aromatic heterocycles. The van der Waals surface area contributed by atoms with Gasteiger partial charge in [-0.05, 0) is 25.0 Å². The van der Waals surface area contributed by atoms with E-state index < -0.39 is 0 Å². The van der Waals surface area contributed by atoms with Gasteiger partial charge in [-0.3, -0.25) is 9.59 Å². The van der Waals surface area contributed by atoms with Gasteiger partial charge in [0.25, 0.3) is 0 Å². The molecule has 0 aromatic carbocycles. The Labute approximate surface area is 156 Å².